The molecule has 0 spiro atoms. The summed E-state index contributed by atoms with van der Waals surface area (Å²) in [5.74, 6) is 0.398. The van der Waals surface area contributed by atoms with Crippen LogP contribution in [0.25, 0.3) is 0 Å². The van der Waals surface area contributed by atoms with E-state index in [1.54, 1.807) is 6.20 Å². The largest absolute Gasteiger partial charge is 0.348 e. The van der Waals surface area contributed by atoms with Crippen LogP contribution in [0.3, 0.4) is 0 Å². The van der Waals surface area contributed by atoms with E-state index in [1.807, 2.05) is 39.0 Å². The van der Waals surface area contributed by atoms with Crippen LogP contribution in [0.1, 0.15) is 36.3 Å². The molecule has 2 aromatic rings. The molecule has 5 nitrogen and oxygen atoms in total. The molecule has 0 bridgehead atoms. The number of nitrogens with one attached hydrogen (secondary N) is 2. The second-order valence-corrected chi connectivity index (χ2v) is 6.01. The number of rotatable bonds is 5. The highest BCUT2D eigenvalue weighted by Gasteiger charge is 2.10. The molecule has 0 saturated carbocycles. The molecule has 1 heterocycles. The van der Waals surface area contributed by atoms with Crippen LogP contribution < -0.4 is 10.6 Å². The van der Waals surface area contributed by atoms with Crippen molar-refractivity contribution in [1.29, 1.82) is 0 Å². The molecule has 0 radical (unpaired) electrons. The van der Waals surface area contributed by atoms with Gasteiger partial charge in [-0.05, 0) is 44.0 Å². The van der Waals surface area contributed by atoms with Gasteiger partial charge in [0.05, 0.1) is 12.4 Å². The van der Waals surface area contributed by atoms with E-state index in [2.05, 4.69) is 36.5 Å². The summed E-state index contributed by atoms with van der Waals surface area (Å²) in [5, 5.41) is 6.03. The summed E-state index contributed by atoms with van der Waals surface area (Å²) >= 11 is 3.47. The fraction of sp³-hybridized carbons (Fsp3) is 0.312. The van der Waals surface area contributed by atoms with E-state index in [0.717, 1.165) is 22.1 Å². The lowest BCUT2D eigenvalue weighted by molar-refractivity contribution is 0.0934. The van der Waals surface area contributed by atoms with Gasteiger partial charge in [0, 0.05) is 16.2 Å². The van der Waals surface area contributed by atoms with Gasteiger partial charge < -0.3 is 10.6 Å². The van der Waals surface area contributed by atoms with E-state index in [9.17, 15) is 4.79 Å². The van der Waals surface area contributed by atoms with E-state index >= 15 is 0 Å². The number of anilines is 2. The van der Waals surface area contributed by atoms with Crippen molar-refractivity contribution in [2.75, 3.05) is 5.32 Å². The van der Waals surface area contributed by atoms with Crippen molar-refractivity contribution < 1.29 is 4.79 Å². The van der Waals surface area contributed by atoms with Gasteiger partial charge in [-0.25, -0.2) is 9.97 Å². The van der Waals surface area contributed by atoms with Crippen LogP contribution >= 0.6 is 15.9 Å². The normalized spacial score (nSPS) is 11.8. The van der Waals surface area contributed by atoms with Gasteiger partial charge in [0.2, 0.25) is 0 Å². The molecule has 1 atom stereocenters. The Labute approximate surface area is 138 Å². The third-order valence-electron chi connectivity index (χ3n) is 3.30. The van der Waals surface area contributed by atoms with Crippen LogP contribution in [-0.2, 0) is 0 Å². The van der Waals surface area contributed by atoms with Crippen LogP contribution in [0, 0.1) is 6.92 Å². The predicted molar refractivity (Wildman–Crippen MR) is 91.4 cm³/mol. The zero-order valence-electron chi connectivity index (χ0n) is 12.9. The molecule has 6 heteroatoms. The van der Waals surface area contributed by atoms with Gasteiger partial charge in [-0.3, -0.25) is 4.79 Å². The second kappa shape index (κ2) is 7.35. The molecule has 1 unspecified atom stereocenters. The van der Waals surface area contributed by atoms with Crippen molar-refractivity contribution >= 4 is 33.3 Å². The third kappa shape index (κ3) is 4.27. The summed E-state index contributed by atoms with van der Waals surface area (Å²) in [7, 11) is 0. The molecule has 2 N–H and O–H groups in total. The van der Waals surface area contributed by atoms with Crippen molar-refractivity contribution in [3.63, 3.8) is 0 Å². The van der Waals surface area contributed by atoms with Gasteiger partial charge in [0.1, 0.15) is 11.5 Å². The number of carbonyl (C=O) groups is 1. The minimum Gasteiger partial charge on any atom is -0.348 e. The van der Waals surface area contributed by atoms with Crippen LogP contribution in [-0.4, -0.2) is 21.9 Å². The van der Waals surface area contributed by atoms with Crippen LogP contribution in [0.4, 0.5) is 11.5 Å². The van der Waals surface area contributed by atoms with E-state index in [4.69, 9.17) is 0 Å². The Bertz CT molecular complexity index is 658. The monoisotopic (exact) mass is 362 g/mol. The molecule has 0 saturated heterocycles. The maximum Gasteiger partial charge on any atom is 0.271 e. The van der Waals surface area contributed by atoms with E-state index in [0.29, 0.717) is 11.5 Å². The van der Waals surface area contributed by atoms with Gasteiger partial charge >= 0.3 is 0 Å². The Morgan fingerprint density at radius 1 is 1.32 bits per heavy atom. The van der Waals surface area contributed by atoms with E-state index < -0.39 is 0 Å². The van der Waals surface area contributed by atoms with Gasteiger partial charge in [0.15, 0.2) is 0 Å². The number of aryl methyl sites for hydroxylation is 1. The maximum atomic E-state index is 11.9. The van der Waals surface area contributed by atoms with Crippen LogP contribution in [0.2, 0.25) is 0 Å². The molecule has 0 aliphatic carbocycles. The summed E-state index contributed by atoms with van der Waals surface area (Å²) in [6, 6.07) is 6.05. The molecular formula is C16H19BrN4O. The minimum atomic E-state index is -0.201. The van der Waals surface area contributed by atoms with Gasteiger partial charge in [-0.15, -0.1) is 0 Å². The molecule has 1 aromatic carbocycles. The van der Waals surface area contributed by atoms with Crippen molar-refractivity contribution in [3.05, 3.63) is 46.3 Å². The molecule has 1 aromatic heterocycles. The lowest BCUT2D eigenvalue weighted by atomic mass is 10.2. The quantitative estimate of drug-likeness (QED) is 0.848. The first-order valence-electron chi connectivity index (χ1n) is 7.15. The number of amides is 1. The van der Waals surface area contributed by atoms with Gasteiger partial charge in [-0.1, -0.05) is 22.9 Å². The topological polar surface area (TPSA) is 66.9 Å². The predicted octanol–water partition coefficient (Wildman–Crippen LogP) is 3.82. The van der Waals surface area contributed by atoms with E-state index in [1.165, 1.54) is 6.20 Å². The maximum absolute atomic E-state index is 11.9. The number of carbonyl (C=O) groups excluding carboxylic acids is 1. The summed E-state index contributed by atoms with van der Waals surface area (Å²) in [6.45, 7) is 5.99. The standard InChI is InChI=1S/C16H19BrN4O/c1-4-11(3)20-16(22)14-8-19-15(9-18-14)21-12-5-6-13(17)10(2)7-12/h5-9,11H,4H2,1-3H3,(H,19,21)(H,20,22). The Hall–Kier alpha value is -1.95. The SMILES string of the molecule is CCC(C)NC(=O)c1cnc(Nc2ccc(Br)c(C)c2)cn1. The number of halogens is 1. The Morgan fingerprint density at radius 3 is 2.68 bits per heavy atom. The molecular weight excluding hydrogens is 344 g/mol. The number of aromatic nitrogens is 2. The van der Waals surface area contributed by atoms with Gasteiger partial charge in [0.25, 0.3) is 5.91 Å². The highest BCUT2D eigenvalue weighted by atomic mass is 79.9. The molecule has 2 rings (SSSR count). The minimum absolute atomic E-state index is 0.123. The lowest BCUT2D eigenvalue weighted by Crippen LogP contribution is -2.32. The van der Waals surface area contributed by atoms with Crippen molar-refractivity contribution in [3.8, 4) is 0 Å². The Balaban J connectivity index is 2.05. The smallest absolute Gasteiger partial charge is 0.271 e. The first-order valence-corrected chi connectivity index (χ1v) is 7.95. The fourth-order valence-electron chi connectivity index (χ4n) is 1.78. The summed E-state index contributed by atoms with van der Waals surface area (Å²) in [6.07, 6.45) is 3.91. The second-order valence-electron chi connectivity index (χ2n) is 5.16. The molecule has 116 valence electrons. The summed E-state index contributed by atoms with van der Waals surface area (Å²) < 4.78 is 1.06. The van der Waals surface area contributed by atoms with Crippen molar-refractivity contribution in [1.82, 2.24) is 15.3 Å². The Morgan fingerprint density at radius 2 is 2.09 bits per heavy atom. The van der Waals surface area contributed by atoms with Crippen molar-refractivity contribution in [2.24, 2.45) is 0 Å². The van der Waals surface area contributed by atoms with Gasteiger partial charge in [-0.2, -0.15) is 0 Å². The lowest BCUT2D eigenvalue weighted by Gasteiger charge is -2.11. The fourth-order valence-corrected chi connectivity index (χ4v) is 2.03. The average Bonchev–Trinajstić information content (AvgIpc) is 2.51. The molecule has 22 heavy (non-hydrogen) atoms. The number of hydrogen-bond acceptors (Lipinski definition) is 4. The molecule has 0 fully saturated rings. The summed E-state index contributed by atoms with van der Waals surface area (Å²) in [5.41, 5.74) is 2.37. The zero-order chi connectivity index (χ0) is 16.1. The molecule has 1 amide bonds. The van der Waals surface area contributed by atoms with E-state index in [-0.39, 0.29) is 11.9 Å². The zero-order valence-corrected chi connectivity index (χ0v) is 14.4. The number of hydrogen-bond donors (Lipinski definition) is 2. The highest BCUT2D eigenvalue weighted by Crippen LogP contribution is 2.21. The van der Waals surface area contributed by atoms with Crippen molar-refractivity contribution in [2.45, 2.75) is 33.2 Å². The molecule has 0 aliphatic heterocycles. The number of benzene rings is 1. The van der Waals surface area contributed by atoms with Crippen LogP contribution in [0.15, 0.2) is 35.1 Å². The highest BCUT2D eigenvalue weighted by molar-refractivity contribution is 9.10. The molecule has 0 aliphatic rings. The van der Waals surface area contributed by atoms with Crippen LogP contribution in [0.5, 0.6) is 0 Å². The Kier molecular flexibility index (Phi) is 5.49. The third-order valence-corrected chi connectivity index (χ3v) is 4.19. The number of nitrogens with zero attached hydrogens (tertiary/aromatic N) is 2. The summed E-state index contributed by atoms with van der Waals surface area (Å²) in [4.78, 5) is 20.3. The first-order chi connectivity index (χ1) is 10.5. The first kappa shape index (κ1) is 16.4. The average molecular weight is 363 g/mol.